The lowest BCUT2D eigenvalue weighted by atomic mass is 9.91. The number of ether oxygens (including phenoxy) is 4. The first kappa shape index (κ1) is 55.7. The fourth-order valence-corrected chi connectivity index (χ4v) is 8.26. The van der Waals surface area contributed by atoms with Crippen molar-refractivity contribution in [3.63, 3.8) is 0 Å². The van der Waals surface area contributed by atoms with E-state index in [-0.39, 0.29) is 11.9 Å². The minimum Gasteiger partial charge on any atom is -0.493 e. The Balaban J connectivity index is 2.53. The third-order valence-electron chi connectivity index (χ3n) is 11.9. The van der Waals surface area contributed by atoms with Gasteiger partial charge in [-0.05, 0) is 69.3 Å². The number of carbonyl (C=O) groups is 2. The zero-order valence-corrected chi connectivity index (χ0v) is 40.4. The van der Waals surface area contributed by atoms with Gasteiger partial charge in [0.05, 0.1) is 26.4 Å². The van der Waals surface area contributed by atoms with Crippen LogP contribution in [0.1, 0.15) is 239 Å². The van der Waals surface area contributed by atoms with Gasteiger partial charge in [-0.15, -0.1) is 0 Å². The number of hydrogen-bond acceptors (Lipinski definition) is 7. The molecule has 1 rings (SSSR count). The summed E-state index contributed by atoms with van der Waals surface area (Å²) in [5.74, 6) is 2.24. The van der Waals surface area contributed by atoms with Crippen molar-refractivity contribution in [1.82, 2.24) is 4.90 Å². The molecule has 0 spiro atoms. The van der Waals surface area contributed by atoms with Gasteiger partial charge < -0.3 is 23.8 Å². The van der Waals surface area contributed by atoms with Crippen molar-refractivity contribution in [2.75, 3.05) is 40.5 Å². The van der Waals surface area contributed by atoms with Crippen LogP contribution in [0, 0.1) is 11.8 Å². The van der Waals surface area contributed by atoms with Crippen molar-refractivity contribution in [2.45, 2.75) is 240 Å². The molecule has 0 saturated carbocycles. The van der Waals surface area contributed by atoms with Gasteiger partial charge in [0.2, 0.25) is 0 Å². The van der Waals surface area contributed by atoms with E-state index in [0.29, 0.717) is 63.9 Å². The molecule has 7 heteroatoms. The summed E-state index contributed by atoms with van der Waals surface area (Å²) in [7, 11) is 4.10. The number of rotatable bonds is 44. The number of unbranched alkanes of at least 4 members (excludes halogenated alkanes) is 20. The number of hydrogen-bond donors (Lipinski definition) is 0. The van der Waals surface area contributed by atoms with Crippen LogP contribution in [0.3, 0.4) is 0 Å². The molecule has 0 N–H and O–H groups in total. The van der Waals surface area contributed by atoms with Crippen LogP contribution >= 0.6 is 0 Å². The molecule has 7 nitrogen and oxygen atoms in total. The highest BCUT2D eigenvalue weighted by molar-refractivity contribution is 5.70. The van der Waals surface area contributed by atoms with Gasteiger partial charge in [0.15, 0.2) is 0 Å². The van der Waals surface area contributed by atoms with Crippen LogP contribution in [0.25, 0.3) is 0 Å². The molecule has 0 heterocycles. The van der Waals surface area contributed by atoms with Crippen molar-refractivity contribution < 1.29 is 28.5 Å². The third-order valence-corrected chi connectivity index (χ3v) is 11.9. The van der Waals surface area contributed by atoms with Gasteiger partial charge in [-0.2, -0.15) is 0 Å². The molecule has 350 valence electrons. The molecule has 1 aromatic rings. The molecular weight excluding hydrogens is 747 g/mol. The summed E-state index contributed by atoms with van der Waals surface area (Å²) in [5, 5.41) is 0. The zero-order chi connectivity index (χ0) is 43.7. The maximum atomic E-state index is 12.9. The lowest BCUT2D eigenvalue weighted by molar-refractivity contribution is -0.146. The summed E-state index contributed by atoms with van der Waals surface area (Å²) in [5.41, 5.74) is 1.11. The Kier molecular flexibility index (Phi) is 37.9. The summed E-state index contributed by atoms with van der Waals surface area (Å²) in [4.78, 5) is 27.9. The molecule has 0 atom stereocenters. The second-order valence-electron chi connectivity index (χ2n) is 18.3. The predicted molar refractivity (Wildman–Crippen MR) is 254 cm³/mol. The molecule has 0 aliphatic rings. The van der Waals surface area contributed by atoms with Gasteiger partial charge in [-0.1, -0.05) is 182 Å². The van der Waals surface area contributed by atoms with Gasteiger partial charge in [0, 0.05) is 38.3 Å². The van der Waals surface area contributed by atoms with Crippen LogP contribution in [0.15, 0.2) is 18.2 Å². The summed E-state index contributed by atoms with van der Waals surface area (Å²) in [6.07, 6.45) is 37.8. The zero-order valence-electron chi connectivity index (χ0n) is 40.4. The number of benzene rings is 1. The first-order valence-electron chi connectivity index (χ1n) is 25.7. The lowest BCUT2D eigenvalue weighted by Gasteiger charge is -2.17. The van der Waals surface area contributed by atoms with Crippen molar-refractivity contribution >= 4 is 11.9 Å². The normalized spacial score (nSPS) is 11.6. The van der Waals surface area contributed by atoms with Crippen LogP contribution in [-0.4, -0.2) is 57.4 Å². The van der Waals surface area contributed by atoms with Gasteiger partial charge in [0.25, 0.3) is 0 Å². The second-order valence-corrected chi connectivity index (χ2v) is 18.3. The number of carbonyl (C=O) groups excluding carboxylic acids is 2. The molecule has 60 heavy (non-hydrogen) atoms. The summed E-state index contributed by atoms with van der Waals surface area (Å²) in [6, 6.07) is 6.05. The van der Waals surface area contributed by atoms with Crippen molar-refractivity contribution in [3.8, 4) is 11.5 Å². The van der Waals surface area contributed by atoms with E-state index in [2.05, 4.69) is 44.7 Å². The Hall–Kier alpha value is -2.28. The average molecular weight is 844 g/mol. The monoisotopic (exact) mass is 844 g/mol. The maximum Gasteiger partial charge on any atom is 0.306 e. The van der Waals surface area contributed by atoms with E-state index in [9.17, 15) is 9.59 Å². The van der Waals surface area contributed by atoms with E-state index in [0.717, 1.165) is 49.3 Å². The van der Waals surface area contributed by atoms with E-state index >= 15 is 0 Å². The Morgan fingerprint density at radius 2 is 0.750 bits per heavy atom. The second kappa shape index (κ2) is 40.8. The van der Waals surface area contributed by atoms with Crippen LogP contribution < -0.4 is 9.47 Å². The summed E-state index contributed by atoms with van der Waals surface area (Å²) in [6.45, 7) is 11.5. The van der Waals surface area contributed by atoms with Crippen molar-refractivity contribution in [2.24, 2.45) is 11.8 Å². The van der Waals surface area contributed by atoms with E-state index in [4.69, 9.17) is 18.9 Å². The molecule has 0 aliphatic heterocycles. The summed E-state index contributed by atoms with van der Waals surface area (Å²) < 4.78 is 23.8. The summed E-state index contributed by atoms with van der Waals surface area (Å²) >= 11 is 0. The van der Waals surface area contributed by atoms with Crippen molar-refractivity contribution in [1.29, 1.82) is 0 Å². The molecule has 0 amide bonds. The quantitative estimate of drug-likeness (QED) is 0.0478. The molecular formula is C53H97NO6. The highest BCUT2D eigenvalue weighted by Gasteiger charge is 2.17. The lowest BCUT2D eigenvalue weighted by Crippen LogP contribution is -2.14. The topological polar surface area (TPSA) is 74.3 Å². The SMILES string of the molecule is CCCCCCCCC(CCCCCCCC)CC(=O)OCCCOc1cc(CN(C)C)cc(OCCCOC(=O)CC(CCCCCCCC)CCCCCCCC)c1. The van der Waals surface area contributed by atoms with Crippen molar-refractivity contribution in [3.05, 3.63) is 23.8 Å². The highest BCUT2D eigenvalue weighted by Crippen LogP contribution is 2.26. The van der Waals surface area contributed by atoms with Crippen LogP contribution in [0.4, 0.5) is 0 Å². The minimum atomic E-state index is -0.0625. The Morgan fingerprint density at radius 3 is 1.07 bits per heavy atom. The Labute approximate surface area is 371 Å². The Bertz CT molecular complexity index is 1010. The number of nitrogens with zero attached hydrogens (tertiary/aromatic N) is 1. The smallest absolute Gasteiger partial charge is 0.306 e. The van der Waals surface area contributed by atoms with Gasteiger partial charge in [0.1, 0.15) is 11.5 Å². The van der Waals surface area contributed by atoms with E-state index in [1.807, 2.05) is 20.2 Å². The van der Waals surface area contributed by atoms with E-state index in [1.54, 1.807) is 0 Å². The molecule has 0 radical (unpaired) electrons. The molecule has 0 unspecified atom stereocenters. The predicted octanol–water partition coefficient (Wildman–Crippen LogP) is 15.4. The molecule has 0 bridgehead atoms. The van der Waals surface area contributed by atoms with Crippen LogP contribution in [-0.2, 0) is 25.6 Å². The third kappa shape index (κ3) is 34.3. The van der Waals surface area contributed by atoms with Gasteiger partial charge in [-0.25, -0.2) is 0 Å². The largest absolute Gasteiger partial charge is 0.493 e. The molecule has 0 aromatic heterocycles. The maximum absolute atomic E-state index is 12.9. The first-order valence-corrected chi connectivity index (χ1v) is 25.7. The molecule has 1 aromatic carbocycles. The average Bonchev–Trinajstić information content (AvgIpc) is 3.22. The molecule has 0 aliphatic carbocycles. The molecule has 0 saturated heterocycles. The van der Waals surface area contributed by atoms with Crippen LogP contribution in [0.5, 0.6) is 11.5 Å². The van der Waals surface area contributed by atoms with E-state index in [1.165, 1.54) is 154 Å². The van der Waals surface area contributed by atoms with Gasteiger partial charge in [-0.3, -0.25) is 9.59 Å². The standard InChI is InChI=1S/C53H97NO6/c1-7-11-15-19-23-27-33-47(34-28-24-20-16-12-8-2)43-52(55)59-39-31-37-57-50-41-49(46-54(5)6)42-51(45-50)58-38-32-40-60-53(56)44-48(35-29-25-21-17-13-9-3)36-30-26-22-18-14-10-4/h41-42,45,47-48H,7-40,43-44,46H2,1-6H3. The fourth-order valence-electron chi connectivity index (χ4n) is 8.26. The first-order chi connectivity index (χ1) is 29.3. The molecule has 0 fully saturated rings. The van der Waals surface area contributed by atoms with Crippen LogP contribution in [0.2, 0.25) is 0 Å². The Morgan fingerprint density at radius 1 is 0.433 bits per heavy atom. The number of esters is 2. The van der Waals surface area contributed by atoms with Gasteiger partial charge >= 0.3 is 11.9 Å². The fraction of sp³-hybridized carbons (Fsp3) is 0.849. The van der Waals surface area contributed by atoms with E-state index < -0.39 is 0 Å². The highest BCUT2D eigenvalue weighted by atomic mass is 16.5. The minimum absolute atomic E-state index is 0.0625.